The maximum Gasteiger partial charge on any atom is 0.296 e. The van der Waals surface area contributed by atoms with Gasteiger partial charge in [-0.2, -0.15) is 16.8 Å². The lowest BCUT2D eigenvalue weighted by atomic mass is 10.1. The third-order valence-electron chi connectivity index (χ3n) is 7.93. The zero-order valence-corrected chi connectivity index (χ0v) is 28.6. The minimum atomic E-state index is -4.65. The van der Waals surface area contributed by atoms with Crippen molar-refractivity contribution in [3.05, 3.63) is 109 Å². The Bertz CT molecular complexity index is 2630. The van der Waals surface area contributed by atoms with E-state index in [0.717, 1.165) is 17.3 Å². The fraction of sp³-hybridized carbons (Fsp3) is 0.0909. The van der Waals surface area contributed by atoms with Gasteiger partial charge in [0.05, 0.1) is 10.6 Å². The van der Waals surface area contributed by atoms with E-state index < -0.39 is 35.2 Å². The van der Waals surface area contributed by atoms with Gasteiger partial charge < -0.3 is 20.5 Å². The van der Waals surface area contributed by atoms with Crippen LogP contribution in [0.5, 0.6) is 0 Å². The van der Waals surface area contributed by atoms with Gasteiger partial charge in [-0.25, -0.2) is 13.4 Å². The Morgan fingerprint density at radius 1 is 0.780 bits per heavy atom. The molecule has 0 radical (unpaired) electrons. The molecule has 1 heterocycles. The van der Waals surface area contributed by atoms with Crippen molar-refractivity contribution in [3.63, 3.8) is 0 Å². The van der Waals surface area contributed by atoms with Gasteiger partial charge in [0.2, 0.25) is 16.7 Å². The molecule has 0 atom stereocenters. The standard InChI is InChI=1S/C33H29N5O9S3/c1-2-37(20-21-6-11-26(12-7-21)48(39,40)41)24-10-15-29-32(19-24)38(25-4-3-5-27(18-25)49(42,43)44)31-17-23(9-14-28(31)36-29)35-30-13-8-22(34)16-33(30)50(45,46)47/h3-19H,2,20H2,1H3,(H5,34,36,39,40,41,42,43,44,45,46,47). The summed E-state index contributed by atoms with van der Waals surface area (Å²) in [6.07, 6.45) is 0. The number of nitrogens with one attached hydrogen (secondary N) is 1. The molecule has 6 aromatic rings. The number of benzene rings is 5. The Hall–Kier alpha value is -5.17. The molecule has 0 bridgehead atoms. The first-order valence-electron chi connectivity index (χ1n) is 14.8. The number of nitrogens with zero attached hydrogens (tertiary/aromatic N) is 3. The molecule has 0 saturated carbocycles. The number of aromatic nitrogens is 2. The van der Waals surface area contributed by atoms with Crippen LogP contribution in [0.4, 0.5) is 22.7 Å². The summed E-state index contributed by atoms with van der Waals surface area (Å²) in [5.41, 5.74) is 10.2. The molecule has 50 heavy (non-hydrogen) atoms. The second-order valence-electron chi connectivity index (χ2n) is 11.3. The quantitative estimate of drug-likeness (QED) is 0.0663. The van der Waals surface area contributed by atoms with Crippen LogP contribution in [0.15, 0.2) is 118 Å². The normalized spacial score (nSPS) is 12.3. The van der Waals surface area contributed by atoms with E-state index in [2.05, 4.69) is 5.32 Å². The number of hydrogen-bond acceptors (Lipinski definition) is 11. The third kappa shape index (κ3) is 7.23. The zero-order valence-electron chi connectivity index (χ0n) is 26.1. The Morgan fingerprint density at radius 2 is 1.46 bits per heavy atom. The van der Waals surface area contributed by atoms with Gasteiger partial charge in [0.15, 0.2) is 0 Å². The van der Waals surface area contributed by atoms with Gasteiger partial charge in [0.25, 0.3) is 20.2 Å². The Kier molecular flexibility index (Phi) is 8.98. The number of rotatable bonds is 10. The van der Waals surface area contributed by atoms with E-state index >= 15 is 0 Å². The first-order valence-corrected chi connectivity index (χ1v) is 19.1. The van der Waals surface area contributed by atoms with E-state index in [9.17, 15) is 38.9 Å². The van der Waals surface area contributed by atoms with E-state index in [-0.39, 0.29) is 21.2 Å². The summed E-state index contributed by atoms with van der Waals surface area (Å²) in [5.74, 6) is 0. The smallest absolute Gasteiger partial charge is 0.296 e. The van der Waals surface area contributed by atoms with Crippen molar-refractivity contribution in [1.29, 1.82) is 0 Å². The molecule has 17 heteroatoms. The predicted octanol–water partition coefficient (Wildman–Crippen LogP) is 4.41. The van der Waals surface area contributed by atoms with Crippen molar-refractivity contribution in [2.24, 2.45) is 0 Å². The van der Waals surface area contributed by atoms with Crippen LogP contribution in [0.25, 0.3) is 27.8 Å². The highest BCUT2D eigenvalue weighted by Gasteiger charge is 2.24. The fourth-order valence-corrected chi connectivity index (χ4v) is 7.23. The number of nitrogen functional groups attached to an aromatic ring is 1. The lowest BCUT2D eigenvalue weighted by Crippen LogP contribution is -2.34. The molecule has 6 rings (SSSR count). The molecule has 0 fully saturated rings. The van der Waals surface area contributed by atoms with Gasteiger partial charge in [-0.15, -0.1) is 4.57 Å². The van der Waals surface area contributed by atoms with Gasteiger partial charge in [0, 0.05) is 54.4 Å². The van der Waals surface area contributed by atoms with E-state index in [1.54, 1.807) is 47.0 Å². The molecule has 1 aromatic heterocycles. The summed E-state index contributed by atoms with van der Waals surface area (Å²) in [6.45, 7) is 2.81. The van der Waals surface area contributed by atoms with Crippen molar-refractivity contribution in [1.82, 2.24) is 4.98 Å². The van der Waals surface area contributed by atoms with Crippen molar-refractivity contribution >= 4 is 75.2 Å². The molecule has 258 valence electrons. The number of hydrogen-bond donors (Lipinski definition) is 4. The van der Waals surface area contributed by atoms with Crippen molar-refractivity contribution in [2.75, 3.05) is 22.5 Å². The van der Waals surface area contributed by atoms with Gasteiger partial charge in [0.1, 0.15) is 30.9 Å². The highest BCUT2D eigenvalue weighted by Crippen LogP contribution is 2.30. The van der Waals surface area contributed by atoms with Crippen LogP contribution < -0.4 is 20.5 Å². The van der Waals surface area contributed by atoms with Crippen molar-refractivity contribution in [3.8, 4) is 5.69 Å². The molecule has 14 nitrogen and oxygen atoms in total. The van der Waals surface area contributed by atoms with Crippen LogP contribution in [0.1, 0.15) is 12.5 Å². The van der Waals surface area contributed by atoms with Crippen LogP contribution in [0.3, 0.4) is 0 Å². The molecule has 5 N–H and O–H groups in total. The lowest BCUT2D eigenvalue weighted by Gasteiger charge is -2.23. The largest absolute Gasteiger partial charge is 0.744 e. The average molecular weight is 736 g/mol. The molecule has 5 aromatic carbocycles. The van der Waals surface area contributed by atoms with E-state index in [1.165, 1.54) is 42.5 Å². The van der Waals surface area contributed by atoms with Crippen LogP contribution in [0.2, 0.25) is 0 Å². The van der Waals surface area contributed by atoms with Gasteiger partial charge in [-0.1, -0.05) is 18.2 Å². The summed E-state index contributed by atoms with van der Waals surface area (Å²) in [4.78, 5) is 5.71. The molecule has 0 aliphatic rings. The molecular weight excluding hydrogens is 707 g/mol. The summed E-state index contributed by atoms with van der Waals surface area (Å²) in [7, 11) is -13.8. The van der Waals surface area contributed by atoms with Crippen LogP contribution in [-0.2, 0) is 36.9 Å². The topological polar surface area (TPSA) is 224 Å². The Balaban J connectivity index is 1.53. The molecular formula is C33H29N5O9S3. The number of nitrogens with two attached hydrogens (primary N) is 1. The second-order valence-corrected chi connectivity index (χ2v) is 15.5. The summed E-state index contributed by atoms with van der Waals surface area (Å²) in [5, 5.41) is 3.00. The van der Waals surface area contributed by atoms with E-state index in [4.69, 9.17) is 10.7 Å². The monoisotopic (exact) mass is 735 g/mol. The Labute approximate surface area is 287 Å². The van der Waals surface area contributed by atoms with E-state index in [0.29, 0.717) is 46.5 Å². The minimum absolute atomic E-state index is 0.0523. The van der Waals surface area contributed by atoms with Crippen LogP contribution >= 0.6 is 0 Å². The number of anilines is 4. The van der Waals surface area contributed by atoms with E-state index in [1.807, 2.05) is 24.0 Å². The van der Waals surface area contributed by atoms with Crippen LogP contribution in [-0.4, -0.2) is 50.4 Å². The zero-order chi connectivity index (χ0) is 36.0. The first kappa shape index (κ1) is 34.7. The minimum Gasteiger partial charge on any atom is -0.744 e. The molecule has 0 amide bonds. The van der Waals surface area contributed by atoms with Gasteiger partial charge in [-0.05, 0) is 73.2 Å². The lowest BCUT2D eigenvalue weighted by molar-refractivity contribution is -0.538. The molecule has 0 spiro atoms. The average Bonchev–Trinajstić information content (AvgIpc) is 3.06. The van der Waals surface area contributed by atoms with Gasteiger partial charge in [-0.3, -0.25) is 9.11 Å². The van der Waals surface area contributed by atoms with Crippen molar-refractivity contribution < 1.29 is 43.5 Å². The number of fused-ring (bicyclic) bond motifs is 2. The molecule has 0 unspecified atom stereocenters. The molecule has 0 aliphatic carbocycles. The predicted molar refractivity (Wildman–Crippen MR) is 186 cm³/mol. The third-order valence-corrected chi connectivity index (χ3v) is 10.5. The highest BCUT2D eigenvalue weighted by atomic mass is 32.2. The second kappa shape index (κ2) is 12.9. The Morgan fingerprint density at radius 3 is 2.10 bits per heavy atom. The van der Waals surface area contributed by atoms with Crippen molar-refractivity contribution in [2.45, 2.75) is 28.2 Å². The maximum absolute atomic E-state index is 12.2. The van der Waals surface area contributed by atoms with Gasteiger partial charge >= 0.3 is 0 Å². The maximum atomic E-state index is 12.2. The molecule has 0 saturated heterocycles. The highest BCUT2D eigenvalue weighted by molar-refractivity contribution is 7.86. The van der Waals surface area contributed by atoms with Crippen LogP contribution in [0, 0.1) is 0 Å². The summed E-state index contributed by atoms with van der Waals surface area (Å²) < 4.78 is 104. The SMILES string of the molecule is CCN(Cc1ccc(S(=O)(=O)[O-])cc1)c1ccc2nc3ccc(Nc4ccc(N)cc4S(=O)(=O)O)cc3[n+](-c3cccc(S(=O)(=O)O)c3)c2c1. The first-order chi connectivity index (χ1) is 23.5. The summed E-state index contributed by atoms with van der Waals surface area (Å²) in [6, 6.07) is 25.8. The summed E-state index contributed by atoms with van der Waals surface area (Å²) >= 11 is 0. The fourth-order valence-electron chi connectivity index (χ4n) is 5.56. The molecule has 0 aliphatic heterocycles.